The Morgan fingerprint density at radius 1 is 0.590 bits per heavy atom. The first kappa shape index (κ1) is 40.6. The summed E-state index contributed by atoms with van der Waals surface area (Å²) in [7, 11) is 1.89. The van der Waals surface area contributed by atoms with Crippen molar-refractivity contribution < 1.29 is 9.59 Å². The zero-order valence-electron chi connectivity index (χ0n) is 35.5. The number of aromatic amines is 2. The van der Waals surface area contributed by atoms with Crippen LogP contribution in [0.3, 0.4) is 0 Å². The minimum Gasteiger partial charge on any atom is -0.340 e. The second-order valence-corrected chi connectivity index (χ2v) is 17.2. The first-order valence-corrected chi connectivity index (χ1v) is 22.4. The van der Waals surface area contributed by atoms with E-state index in [1.165, 1.54) is 12.8 Å². The van der Waals surface area contributed by atoms with Crippen molar-refractivity contribution in [3.8, 4) is 33.6 Å². The van der Waals surface area contributed by atoms with Crippen LogP contribution >= 0.6 is 0 Å². The van der Waals surface area contributed by atoms with Crippen molar-refractivity contribution in [3.05, 3.63) is 144 Å². The lowest BCUT2D eigenvalue weighted by molar-refractivity contribution is -0.139. The number of piperidine rings is 2. The summed E-state index contributed by atoms with van der Waals surface area (Å²) < 4.78 is 0. The van der Waals surface area contributed by atoms with Gasteiger partial charge in [-0.1, -0.05) is 122 Å². The van der Waals surface area contributed by atoms with Gasteiger partial charge in [0, 0.05) is 13.6 Å². The molecular weight excluding hydrogens is 757 g/mol. The molecule has 2 amide bonds. The molecule has 2 N–H and O–H groups in total. The average Bonchev–Trinajstić information content (AvgIpc) is 4.13. The summed E-state index contributed by atoms with van der Waals surface area (Å²) >= 11 is 0. The van der Waals surface area contributed by atoms with Gasteiger partial charge in [-0.05, 0) is 105 Å². The van der Waals surface area contributed by atoms with Crippen LogP contribution in [-0.4, -0.2) is 91.1 Å². The van der Waals surface area contributed by atoms with Crippen molar-refractivity contribution in [3.63, 3.8) is 0 Å². The van der Waals surface area contributed by atoms with E-state index < -0.39 is 0 Å². The van der Waals surface area contributed by atoms with Crippen molar-refractivity contribution in [1.29, 1.82) is 0 Å². The van der Waals surface area contributed by atoms with Gasteiger partial charge in [0.2, 0.25) is 11.8 Å². The van der Waals surface area contributed by atoms with E-state index in [-0.39, 0.29) is 36.0 Å². The average molecular weight is 815 g/mol. The molecule has 10 nitrogen and oxygen atoms in total. The number of imidazole rings is 2. The molecule has 1 unspecified atom stereocenters. The number of carbonyl (C=O) groups excluding carboxylic acids is 2. The summed E-state index contributed by atoms with van der Waals surface area (Å²) in [5.74, 6) is 1.90. The van der Waals surface area contributed by atoms with Crippen LogP contribution in [0.4, 0.5) is 0 Å². The molecule has 3 fully saturated rings. The SMILES string of the molecule is C[C@@H](c1ncc(-c2ccc(-c3ccc(-c4cnc(C5CCCN5C(=O)[C@H](c5ccccc5)N5CCCCC5)[nH]4)cc3)cc2)[nH]1)N(C)C(=O)[C@@H](c1ccccc1)N1CCCCC1. The Morgan fingerprint density at radius 3 is 1.66 bits per heavy atom. The van der Waals surface area contributed by atoms with Crippen molar-refractivity contribution in [2.45, 2.75) is 82.5 Å². The van der Waals surface area contributed by atoms with Gasteiger partial charge in [-0.25, -0.2) is 9.97 Å². The van der Waals surface area contributed by atoms with Crippen LogP contribution in [0.5, 0.6) is 0 Å². The Hall–Kier alpha value is -5.84. The number of carbonyl (C=O) groups is 2. The number of hydrogen-bond donors (Lipinski definition) is 2. The summed E-state index contributed by atoms with van der Waals surface area (Å²) in [6.07, 6.45) is 12.6. The minimum absolute atomic E-state index is 0.0657. The Labute approximate surface area is 360 Å². The third-order valence-corrected chi connectivity index (χ3v) is 13.3. The topological polar surface area (TPSA) is 104 Å². The molecule has 314 valence electrons. The zero-order valence-corrected chi connectivity index (χ0v) is 35.5. The predicted molar refractivity (Wildman–Crippen MR) is 241 cm³/mol. The first-order valence-electron chi connectivity index (χ1n) is 22.4. The van der Waals surface area contributed by atoms with Gasteiger partial charge in [-0.15, -0.1) is 0 Å². The van der Waals surface area contributed by atoms with E-state index in [0.717, 1.165) is 128 Å². The molecule has 9 rings (SSSR count). The summed E-state index contributed by atoms with van der Waals surface area (Å²) in [5.41, 5.74) is 8.31. The highest BCUT2D eigenvalue weighted by atomic mass is 16.2. The summed E-state index contributed by atoms with van der Waals surface area (Å²) in [4.78, 5) is 53.9. The molecule has 0 bridgehead atoms. The van der Waals surface area contributed by atoms with Crippen LogP contribution in [-0.2, 0) is 9.59 Å². The van der Waals surface area contributed by atoms with Gasteiger partial charge < -0.3 is 19.8 Å². The van der Waals surface area contributed by atoms with Crippen molar-refractivity contribution in [2.75, 3.05) is 39.8 Å². The van der Waals surface area contributed by atoms with Gasteiger partial charge in [-0.3, -0.25) is 19.4 Å². The zero-order chi connectivity index (χ0) is 41.7. The van der Waals surface area contributed by atoms with Gasteiger partial charge in [0.1, 0.15) is 23.7 Å². The number of aromatic nitrogens is 4. The smallest absolute Gasteiger partial charge is 0.245 e. The fourth-order valence-corrected chi connectivity index (χ4v) is 9.71. The van der Waals surface area contributed by atoms with E-state index in [9.17, 15) is 9.59 Å². The van der Waals surface area contributed by atoms with E-state index in [1.54, 1.807) is 0 Å². The highest BCUT2D eigenvalue weighted by Crippen LogP contribution is 2.37. The molecule has 0 spiro atoms. The number of benzene rings is 4. The molecular formula is C51H58N8O2. The summed E-state index contributed by atoms with van der Waals surface area (Å²) in [6, 6.07) is 36.7. The molecule has 3 aliphatic rings. The Bertz CT molecular complexity index is 2360. The molecule has 61 heavy (non-hydrogen) atoms. The van der Waals surface area contributed by atoms with Crippen LogP contribution in [0, 0.1) is 0 Å². The highest BCUT2D eigenvalue weighted by Gasteiger charge is 2.39. The van der Waals surface area contributed by atoms with Gasteiger partial charge in [-0.2, -0.15) is 0 Å². The molecule has 0 radical (unpaired) electrons. The third-order valence-electron chi connectivity index (χ3n) is 13.3. The molecule has 3 saturated heterocycles. The van der Waals surface area contributed by atoms with Crippen molar-refractivity contribution in [2.24, 2.45) is 0 Å². The lowest BCUT2D eigenvalue weighted by atomic mass is 10.00. The van der Waals surface area contributed by atoms with Crippen LogP contribution in [0.15, 0.2) is 122 Å². The molecule has 10 heteroatoms. The fraction of sp³-hybridized carbons (Fsp3) is 0.373. The van der Waals surface area contributed by atoms with E-state index in [1.807, 2.05) is 67.7 Å². The molecule has 0 saturated carbocycles. The maximum absolute atomic E-state index is 14.4. The number of rotatable bonds is 12. The predicted octanol–water partition coefficient (Wildman–Crippen LogP) is 9.77. The second kappa shape index (κ2) is 18.4. The highest BCUT2D eigenvalue weighted by molar-refractivity contribution is 5.84. The minimum atomic E-state index is -0.301. The number of nitrogens with zero attached hydrogens (tertiary/aromatic N) is 6. The molecule has 3 aliphatic heterocycles. The van der Waals surface area contributed by atoms with Gasteiger partial charge in [0.15, 0.2) is 0 Å². The first-order chi connectivity index (χ1) is 29.9. The number of amides is 2. The normalized spacial score (nSPS) is 19.0. The van der Waals surface area contributed by atoms with Gasteiger partial charge in [0.05, 0.1) is 35.9 Å². The quantitative estimate of drug-likeness (QED) is 0.128. The molecule has 0 aliphatic carbocycles. The Kier molecular flexibility index (Phi) is 12.2. The molecule has 2 aromatic heterocycles. The summed E-state index contributed by atoms with van der Waals surface area (Å²) in [6.45, 7) is 6.57. The molecule has 6 aromatic rings. The fourth-order valence-electron chi connectivity index (χ4n) is 9.71. The van der Waals surface area contributed by atoms with Crippen LogP contribution < -0.4 is 0 Å². The van der Waals surface area contributed by atoms with Crippen LogP contribution in [0.1, 0.15) is 105 Å². The van der Waals surface area contributed by atoms with E-state index >= 15 is 0 Å². The standard InChI is InChI=1S/C51H58N8O2/c1-36(56(2)50(60)46(41-16-7-3-8-17-41)57-29-11-5-12-30-57)48-52-34-43(54-48)39-25-21-37(22-26-39)38-23-27-40(28-24-38)44-35-53-49(55-44)45-20-15-33-59(45)51(61)47(42-18-9-4-10-19-42)58-31-13-6-14-32-58/h3-4,7-10,16-19,21-28,34-36,45-47H,5-6,11-15,20,29-33H2,1-2H3,(H,52,54)(H,53,55)/t36-,45?,46+,47-/m0/s1. The Morgan fingerprint density at radius 2 is 1.08 bits per heavy atom. The van der Waals surface area contributed by atoms with Gasteiger partial charge >= 0.3 is 0 Å². The van der Waals surface area contributed by atoms with E-state index in [2.05, 4.69) is 97.5 Å². The Balaban J connectivity index is 0.851. The number of likely N-dealkylation sites (tertiary alicyclic amines) is 3. The lowest BCUT2D eigenvalue weighted by Crippen LogP contribution is -2.44. The lowest BCUT2D eigenvalue weighted by Gasteiger charge is -2.37. The van der Waals surface area contributed by atoms with Crippen LogP contribution in [0.2, 0.25) is 0 Å². The third kappa shape index (κ3) is 8.70. The molecule has 4 aromatic carbocycles. The van der Waals surface area contributed by atoms with E-state index in [0.29, 0.717) is 0 Å². The number of H-pyrrole nitrogens is 2. The van der Waals surface area contributed by atoms with Crippen molar-refractivity contribution in [1.82, 2.24) is 39.5 Å². The number of likely N-dealkylation sites (N-methyl/N-ethyl adjacent to an activating group) is 1. The number of nitrogens with one attached hydrogen (secondary N) is 2. The van der Waals surface area contributed by atoms with E-state index in [4.69, 9.17) is 9.97 Å². The molecule has 5 heterocycles. The maximum atomic E-state index is 14.4. The monoisotopic (exact) mass is 814 g/mol. The summed E-state index contributed by atoms with van der Waals surface area (Å²) in [5, 5.41) is 0. The maximum Gasteiger partial charge on any atom is 0.245 e. The largest absolute Gasteiger partial charge is 0.340 e. The van der Waals surface area contributed by atoms with Gasteiger partial charge in [0.25, 0.3) is 0 Å². The van der Waals surface area contributed by atoms with Crippen molar-refractivity contribution >= 4 is 11.8 Å². The number of hydrogen-bond acceptors (Lipinski definition) is 6. The molecule has 4 atom stereocenters. The second-order valence-electron chi connectivity index (χ2n) is 17.2. The van der Waals surface area contributed by atoms with Crippen LogP contribution in [0.25, 0.3) is 33.6 Å².